The number of hydrogen-bond donors (Lipinski definition) is 2. The molecular formula is C29H33N5O3. The van der Waals surface area contributed by atoms with Gasteiger partial charge in [0.25, 0.3) is 0 Å². The number of pyridine rings is 1. The van der Waals surface area contributed by atoms with E-state index in [4.69, 9.17) is 10.5 Å². The number of likely N-dealkylation sites (tertiary alicyclic amines) is 1. The van der Waals surface area contributed by atoms with E-state index in [1.165, 1.54) is 0 Å². The zero-order valence-corrected chi connectivity index (χ0v) is 21.2. The molecule has 3 aromatic rings. The van der Waals surface area contributed by atoms with Crippen LogP contribution in [0.3, 0.4) is 0 Å². The number of Topliss-reactive ketones (excluding diaryl/α,β-unsaturated/α-hetero) is 1. The van der Waals surface area contributed by atoms with Crippen LogP contribution < -0.4 is 10.5 Å². The quantitative estimate of drug-likeness (QED) is 0.517. The molecule has 1 aliphatic heterocycles. The molecule has 0 bridgehead atoms. The molecule has 0 radical (unpaired) electrons. The van der Waals surface area contributed by atoms with E-state index in [1.54, 1.807) is 6.20 Å². The lowest BCUT2D eigenvalue weighted by Gasteiger charge is -2.28. The maximum absolute atomic E-state index is 12.1. The van der Waals surface area contributed by atoms with Gasteiger partial charge in [-0.15, -0.1) is 0 Å². The first-order chi connectivity index (χ1) is 17.9. The number of aliphatic hydroxyl groups is 1. The maximum Gasteiger partial charge on any atom is 0.184 e. The average Bonchev–Trinajstić information content (AvgIpc) is 3.40. The minimum atomic E-state index is -1.54. The number of piperidine rings is 1. The van der Waals surface area contributed by atoms with Gasteiger partial charge >= 0.3 is 0 Å². The van der Waals surface area contributed by atoms with Gasteiger partial charge in [-0.25, -0.2) is 4.98 Å². The lowest BCUT2D eigenvalue weighted by molar-refractivity contribution is -0.134. The van der Waals surface area contributed by atoms with Gasteiger partial charge in [0.1, 0.15) is 6.61 Å². The smallest absolute Gasteiger partial charge is 0.184 e. The zero-order valence-electron chi connectivity index (χ0n) is 21.2. The number of ketones is 1. The van der Waals surface area contributed by atoms with Crippen molar-refractivity contribution in [2.75, 3.05) is 25.9 Å². The van der Waals surface area contributed by atoms with Crippen molar-refractivity contribution in [3.05, 3.63) is 60.0 Å². The van der Waals surface area contributed by atoms with Crippen molar-refractivity contribution < 1.29 is 14.6 Å². The number of carbonyl (C=O) groups excluding carboxylic acids is 1. The molecule has 2 fully saturated rings. The third kappa shape index (κ3) is 5.85. The lowest BCUT2D eigenvalue weighted by atomic mass is 9.84. The molecule has 8 heteroatoms. The molecule has 3 N–H and O–H groups in total. The molecule has 1 aliphatic carbocycles. The molecule has 1 saturated heterocycles. The number of aromatic nitrogens is 3. The van der Waals surface area contributed by atoms with E-state index in [0.717, 1.165) is 55.5 Å². The van der Waals surface area contributed by atoms with Crippen molar-refractivity contribution in [3.63, 3.8) is 0 Å². The largest absolute Gasteiger partial charge is 0.485 e. The second kappa shape index (κ2) is 10.8. The molecule has 5 rings (SSSR count). The number of nitrogens with two attached hydrogens (primary N) is 1. The summed E-state index contributed by atoms with van der Waals surface area (Å²) in [6, 6.07) is 9.87. The topological polar surface area (TPSA) is 107 Å². The van der Waals surface area contributed by atoms with Crippen LogP contribution in [0.4, 0.5) is 5.82 Å². The van der Waals surface area contributed by atoms with Crippen LogP contribution in [0.25, 0.3) is 11.1 Å². The minimum Gasteiger partial charge on any atom is -0.485 e. The SMILES string of the molecule is CN1CCC(n2cc(-c3cnc(N)c(OCc4cccc(C#CC5(O)CCCCC5=O)c4)c3)cn2)CC1. The Balaban J connectivity index is 1.26. The Morgan fingerprint density at radius 2 is 2.03 bits per heavy atom. The third-order valence-corrected chi connectivity index (χ3v) is 7.27. The first-order valence-electron chi connectivity index (χ1n) is 12.9. The predicted molar refractivity (Wildman–Crippen MR) is 142 cm³/mol. The summed E-state index contributed by atoms with van der Waals surface area (Å²) in [6.45, 7) is 2.43. The molecule has 3 heterocycles. The normalized spacial score (nSPS) is 20.9. The number of ether oxygens (including phenoxy) is 1. The van der Waals surface area contributed by atoms with E-state index in [2.05, 4.69) is 44.7 Å². The Morgan fingerprint density at radius 3 is 2.84 bits per heavy atom. The van der Waals surface area contributed by atoms with Gasteiger partial charge in [0.15, 0.2) is 23.0 Å². The molecule has 1 aromatic carbocycles. The van der Waals surface area contributed by atoms with Crippen molar-refractivity contribution in [3.8, 4) is 28.7 Å². The van der Waals surface area contributed by atoms with Crippen molar-refractivity contribution in [1.82, 2.24) is 19.7 Å². The minimum absolute atomic E-state index is 0.189. The molecule has 37 heavy (non-hydrogen) atoms. The van der Waals surface area contributed by atoms with Crippen LogP contribution in [0.1, 0.15) is 55.7 Å². The van der Waals surface area contributed by atoms with E-state index in [1.807, 2.05) is 36.5 Å². The van der Waals surface area contributed by atoms with Gasteiger partial charge in [-0.05, 0) is 76.0 Å². The Bertz CT molecular complexity index is 1330. The number of benzene rings is 1. The molecule has 2 aromatic heterocycles. The molecule has 2 aliphatic rings. The number of nitrogen functional groups attached to an aromatic ring is 1. The van der Waals surface area contributed by atoms with E-state index in [0.29, 0.717) is 36.0 Å². The summed E-state index contributed by atoms with van der Waals surface area (Å²) in [7, 11) is 2.15. The Labute approximate surface area is 217 Å². The van der Waals surface area contributed by atoms with Crippen LogP contribution in [0.15, 0.2) is 48.9 Å². The van der Waals surface area contributed by atoms with Crippen LogP contribution >= 0.6 is 0 Å². The van der Waals surface area contributed by atoms with E-state index >= 15 is 0 Å². The molecule has 0 spiro atoms. The summed E-state index contributed by atoms with van der Waals surface area (Å²) in [5.74, 6) is 6.41. The van der Waals surface area contributed by atoms with Gasteiger partial charge in [-0.3, -0.25) is 9.48 Å². The van der Waals surface area contributed by atoms with Gasteiger partial charge in [0.2, 0.25) is 0 Å². The molecule has 192 valence electrons. The number of anilines is 1. The van der Waals surface area contributed by atoms with Crippen LogP contribution in [0, 0.1) is 11.8 Å². The molecule has 1 atom stereocenters. The fourth-order valence-corrected chi connectivity index (χ4v) is 4.90. The summed E-state index contributed by atoms with van der Waals surface area (Å²) in [4.78, 5) is 18.8. The Morgan fingerprint density at radius 1 is 1.19 bits per heavy atom. The van der Waals surface area contributed by atoms with E-state index < -0.39 is 5.60 Å². The van der Waals surface area contributed by atoms with Gasteiger partial charge in [0.05, 0.1) is 12.2 Å². The summed E-state index contributed by atoms with van der Waals surface area (Å²) < 4.78 is 8.09. The standard InChI is InChI=1S/C29H33N5O3/c1-33-13-9-25(10-14-33)34-19-24(18-32-34)23-16-26(28(30)31-17-23)37-20-22-6-4-5-21(15-22)8-12-29(36)11-3-2-7-27(29)35/h4-6,15-19,25,36H,2-3,7,9-11,13-14,20H2,1H3,(H2,30,31). The number of nitrogens with zero attached hydrogens (tertiary/aromatic N) is 4. The summed E-state index contributed by atoms with van der Waals surface area (Å²) in [5, 5.41) is 15.2. The number of carbonyl (C=O) groups is 1. The summed E-state index contributed by atoms with van der Waals surface area (Å²) in [6.07, 6.45) is 10.2. The highest BCUT2D eigenvalue weighted by Gasteiger charge is 2.35. The summed E-state index contributed by atoms with van der Waals surface area (Å²) in [5.41, 5.74) is 8.06. The predicted octanol–water partition coefficient (Wildman–Crippen LogP) is 3.60. The average molecular weight is 500 g/mol. The first-order valence-corrected chi connectivity index (χ1v) is 12.9. The second-order valence-corrected chi connectivity index (χ2v) is 10.1. The zero-order chi connectivity index (χ0) is 25.8. The number of hydrogen-bond acceptors (Lipinski definition) is 7. The second-order valence-electron chi connectivity index (χ2n) is 10.1. The third-order valence-electron chi connectivity index (χ3n) is 7.27. The fraction of sp³-hybridized carbons (Fsp3) is 0.414. The molecule has 1 saturated carbocycles. The molecule has 0 amide bonds. The van der Waals surface area contributed by atoms with Crippen LogP contribution in [-0.2, 0) is 11.4 Å². The first kappa shape index (κ1) is 25.0. The lowest BCUT2D eigenvalue weighted by Crippen LogP contribution is -2.39. The highest BCUT2D eigenvalue weighted by molar-refractivity contribution is 5.91. The Hall–Kier alpha value is -3.67. The van der Waals surface area contributed by atoms with Crippen LogP contribution in [0.2, 0.25) is 0 Å². The molecule has 8 nitrogen and oxygen atoms in total. The van der Waals surface area contributed by atoms with Crippen molar-refractivity contribution in [1.29, 1.82) is 0 Å². The van der Waals surface area contributed by atoms with Gasteiger partial charge in [-0.2, -0.15) is 5.10 Å². The maximum atomic E-state index is 12.1. The van der Waals surface area contributed by atoms with Gasteiger partial charge < -0.3 is 20.5 Å². The monoisotopic (exact) mass is 499 g/mol. The fourth-order valence-electron chi connectivity index (χ4n) is 4.90. The highest BCUT2D eigenvalue weighted by atomic mass is 16.5. The van der Waals surface area contributed by atoms with Crippen molar-refractivity contribution in [2.45, 2.75) is 56.8 Å². The summed E-state index contributed by atoms with van der Waals surface area (Å²) >= 11 is 0. The van der Waals surface area contributed by atoms with Gasteiger partial charge in [-0.1, -0.05) is 24.0 Å². The molecular weight excluding hydrogens is 466 g/mol. The van der Waals surface area contributed by atoms with Crippen molar-refractivity contribution >= 4 is 11.6 Å². The van der Waals surface area contributed by atoms with E-state index in [-0.39, 0.29) is 12.4 Å². The number of rotatable bonds is 5. The highest BCUT2D eigenvalue weighted by Crippen LogP contribution is 2.29. The molecule has 1 unspecified atom stereocenters. The van der Waals surface area contributed by atoms with Crippen LogP contribution in [-0.4, -0.2) is 56.3 Å². The van der Waals surface area contributed by atoms with E-state index in [9.17, 15) is 9.90 Å². The van der Waals surface area contributed by atoms with Gasteiger partial charge in [0, 0.05) is 35.5 Å². The van der Waals surface area contributed by atoms with Crippen LogP contribution in [0.5, 0.6) is 5.75 Å². The Kier molecular flexibility index (Phi) is 7.26. The van der Waals surface area contributed by atoms with Crippen molar-refractivity contribution in [2.24, 2.45) is 0 Å².